The van der Waals surface area contributed by atoms with Gasteiger partial charge in [0.2, 0.25) is 0 Å². The smallest absolute Gasteiger partial charge is 0.251 e. The second-order valence-electron chi connectivity index (χ2n) is 6.59. The number of rotatable bonds is 5. The molecule has 0 saturated carbocycles. The van der Waals surface area contributed by atoms with Gasteiger partial charge in [0.15, 0.2) is 0 Å². The van der Waals surface area contributed by atoms with Crippen LogP contribution in [-0.2, 0) is 0 Å². The lowest BCUT2D eigenvalue weighted by molar-refractivity contribution is 0.0950. The molecule has 148 valence electrons. The number of carbonyl (C=O) groups is 1. The topological polar surface area (TPSA) is 47.6 Å². The largest absolute Gasteiger partial charge is 0.367 e. The highest BCUT2D eigenvalue weighted by atomic mass is 35.5. The van der Waals surface area contributed by atoms with E-state index < -0.39 is 0 Å². The number of hydrogen-bond donors (Lipinski definition) is 2. The van der Waals surface area contributed by atoms with Crippen LogP contribution in [0.4, 0.5) is 10.1 Å². The van der Waals surface area contributed by atoms with E-state index in [9.17, 15) is 9.18 Å². The van der Waals surface area contributed by atoms with Crippen LogP contribution in [0.15, 0.2) is 18.2 Å². The zero-order valence-corrected chi connectivity index (χ0v) is 16.8. The fourth-order valence-corrected chi connectivity index (χ4v) is 3.46. The predicted octanol–water partition coefficient (Wildman–Crippen LogP) is 2.29. The summed E-state index contributed by atoms with van der Waals surface area (Å²) in [5.41, 5.74) is 0.987. The fourth-order valence-electron chi connectivity index (χ4n) is 3.46. The van der Waals surface area contributed by atoms with Crippen molar-refractivity contribution >= 4 is 36.4 Å². The van der Waals surface area contributed by atoms with Crippen LogP contribution >= 0.6 is 24.8 Å². The third-order valence-corrected chi connectivity index (χ3v) is 5.04. The van der Waals surface area contributed by atoms with E-state index in [0.29, 0.717) is 23.8 Å². The molecule has 1 aromatic carbocycles. The van der Waals surface area contributed by atoms with Crippen molar-refractivity contribution < 1.29 is 9.18 Å². The van der Waals surface area contributed by atoms with Gasteiger partial charge in [-0.2, -0.15) is 0 Å². The molecule has 2 aliphatic heterocycles. The normalized spacial score (nSPS) is 20.2. The van der Waals surface area contributed by atoms with Crippen LogP contribution < -0.4 is 15.5 Å². The van der Waals surface area contributed by atoms with Crippen molar-refractivity contribution in [2.45, 2.75) is 25.8 Å². The molecular weight excluding hydrogens is 378 g/mol. The Kier molecular flexibility index (Phi) is 9.64. The summed E-state index contributed by atoms with van der Waals surface area (Å²) in [5.74, 6) is -0.517. The van der Waals surface area contributed by atoms with Crippen LogP contribution in [0.5, 0.6) is 0 Å². The minimum absolute atomic E-state index is 0. The van der Waals surface area contributed by atoms with Gasteiger partial charge in [-0.05, 0) is 44.1 Å². The average molecular weight is 407 g/mol. The van der Waals surface area contributed by atoms with Crippen LogP contribution in [0.3, 0.4) is 0 Å². The average Bonchev–Trinajstić information content (AvgIpc) is 3.13. The quantitative estimate of drug-likeness (QED) is 0.787. The van der Waals surface area contributed by atoms with Crippen molar-refractivity contribution in [3.63, 3.8) is 0 Å². The van der Waals surface area contributed by atoms with Crippen LogP contribution in [0.1, 0.15) is 30.1 Å². The van der Waals surface area contributed by atoms with Crippen molar-refractivity contribution in [3.8, 4) is 0 Å². The minimum Gasteiger partial charge on any atom is -0.367 e. The van der Waals surface area contributed by atoms with E-state index in [1.54, 1.807) is 12.1 Å². The van der Waals surface area contributed by atoms with Gasteiger partial charge in [-0.3, -0.25) is 4.79 Å². The molecule has 2 fully saturated rings. The molecule has 2 aliphatic rings. The molecule has 3 rings (SSSR count). The lowest BCUT2D eigenvalue weighted by Gasteiger charge is -2.35. The number of likely N-dealkylation sites (N-methyl/N-ethyl adjacent to an activating group) is 1. The van der Waals surface area contributed by atoms with E-state index in [2.05, 4.69) is 27.4 Å². The summed E-state index contributed by atoms with van der Waals surface area (Å²) in [7, 11) is 0. The highest BCUT2D eigenvalue weighted by Crippen LogP contribution is 2.22. The van der Waals surface area contributed by atoms with Gasteiger partial charge in [0.25, 0.3) is 5.91 Å². The Morgan fingerprint density at radius 2 is 2.00 bits per heavy atom. The van der Waals surface area contributed by atoms with Gasteiger partial charge < -0.3 is 20.4 Å². The second-order valence-corrected chi connectivity index (χ2v) is 6.59. The van der Waals surface area contributed by atoms with Crippen molar-refractivity contribution in [1.29, 1.82) is 0 Å². The summed E-state index contributed by atoms with van der Waals surface area (Å²) in [6.07, 6.45) is 2.23. The van der Waals surface area contributed by atoms with E-state index in [4.69, 9.17) is 0 Å². The maximum absolute atomic E-state index is 14.5. The molecule has 1 aromatic rings. The van der Waals surface area contributed by atoms with Crippen LogP contribution in [0.2, 0.25) is 0 Å². The van der Waals surface area contributed by atoms with E-state index in [-0.39, 0.29) is 36.5 Å². The first-order valence-corrected chi connectivity index (χ1v) is 8.96. The molecule has 1 amide bonds. The molecule has 1 unspecified atom stereocenters. The molecule has 0 radical (unpaired) electrons. The Morgan fingerprint density at radius 3 is 2.58 bits per heavy atom. The Morgan fingerprint density at radius 1 is 1.27 bits per heavy atom. The summed E-state index contributed by atoms with van der Waals surface area (Å²) in [5, 5.41) is 6.23. The van der Waals surface area contributed by atoms with Crippen molar-refractivity contribution in [2.75, 3.05) is 50.7 Å². The summed E-state index contributed by atoms with van der Waals surface area (Å²) >= 11 is 0. The van der Waals surface area contributed by atoms with Gasteiger partial charge in [-0.15, -0.1) is 24.8 Å². The molecule has 1 atom stereocenters. The van der Waals surface area contributed by atoms with Crippen LogP contribution in [0, 0.1) is 5.82 Å². The summed E-state index contributed by atoms with van der Waals surface area (Å²) < 4.78 is 14.5. The zero-order chi connectivity index (χ0) is 16.9. The fraction of sp³-hybridized carbons (Fsp3) is 0.611. The van der Waals surface area contributed by atoms with Gasteiger partial charge >= 0.3 is 0 Å². The first kappa shape index (κ1) is 23.0. The lowest BCUT2D eigenvalue weighted by Crippen LogP contribution is -2.46. The molecule has 26 heavy (non-hydrogen) atoms. The molecule has 0 aromatic heterocycles. The highest BCUT2D eigenvalue weighted by Gasteiger charge is 2.20. The monoisotopic (exact) mass is 406 g/mol. The Bertz CT molecular complexity index is 576. The van der Waals surface area contributed by atoms with Gasteiger partial charge in [0.05, 0.1) is 5.69 Å². The molecule has 2 N–H and O–H groups in total. The summed E-state index contributed by atoms with van der Waals surface area (Å²) in [6.45, 7) is 8.33. The lowest BCUT2D eigenvalue weighted by atomic mass is 10.1. The zero-order valence-electron chi connectivity index (χ0n) is 15.2. The first-order valence-electron chi connectivity index (χ1n) is 8.96. The van der Waals surface area contributed by atoms with E-state index >= 15 is 0 Å². The Labute approximate surface area is 167 Å². The number of nitrogens with zero attached hydrogens (tertiary/aromatic N) is 2. The van der Waals surface area contributed by atoms with Crippen LogP contribution in [0.25, 0.3) is 0 Å². The number of benzene rings is 1. The van der Waals surface area contributed by atoms with Gasteiger partial charge in [-0.1, -0.05) is 6.92 Å². The third kappa shape index (κ3) is 5.71. The maximum Gasteiger partial charge on any atom is 0.251 e. The SMILES string of the molecule is CCN1CCN(c2ccc(C(=O)NCC3CCCN3)cc2F)CC1.Cl.Cl. The molecular formula is C18H29Cl2FN4O. The minimum atomic E-state index is -0.313. The van der Waals surface area contributed by atoms with Gasteiger partial charge in [0, 0.05) is 44.3 Å². The van der Waals surface area contributed by atoms with Crippen molar-refractivity contribution in [1.82, 2.24) is 15.5 Å². The Hall–Kier alpha value is -1.08. The molecule has 2 saturated heterocycles. The van der Waals surface area contributed by atoms with Crippen LogP contribution in [-0.4, -0.2) is 62.7 Å². The number of hydrogen-bond acceptors (Lipinski definition) is 4. The molecule has 5 nitrogen and oxygen atoms in total. The number of anilines is 1. The number of halogens is 3. The van der Waals surface area contributed by atoms with E-state index in [0.717, 1.165) is 52.1 Å². The third-order valence-electron chi connectivity index (χ3n) is 5.04. The van der Waals surface area contributed by atoms with Crippen molar-refractivity contribution in [2.24, 2.45) is 0 Å². The molecule has 0 spiro atoms. The highest BCUT2D eigenvalue weighted by molar-refractivity contribution is 5.94. The number of piperazine rings is 1. The molecule has 0 bridgehead atoms. The second kappa shape index (κ2) is 10.9. The molecule has 2 heterocycles. The van der Waals surface area contributed by atoms with E-state index in [1.165, 1.54) is 6.07 Å². The standard InChI is InChI=1S/C18H27FN4O.2ClH/c1-2-22-8-10-23(11-9-22)17-6-5-14(12-16(17)19)18(24)21-13-15-4-3-7-20-15;;/h5-6,12,15,20H,2-4,7-11,13H2,1H3,(H,21,24);2*1H. The molecule has 8 heteroatoms. The summed E-state index contributed by atoms with van der Waals surface area (Å²) in [6, 6.07) is 5.16. The van der Waals surface area contributed by atoms with Gasteiger partial charge in [-0.25, -0.2) is 4.39 Å². The van der Waals surface area contributed by atoms with Gasteiger partial charge in [0.1, 0.15) is 5.82 Å². The first-order chi connectivity index (χ1) is 11.7. The molecule has 0 aliphatic carbocycles. The summed E-state index contributed by atoms with van der Waals surface area (Å²) in [4.78, 5) is 16.6. The number of amides is 1. The van der Waals surface area contributed by atoms with E-state index in [1.807, 2.05) is 0 Å². The Balaban J connectivity index is 0.00000169. The maximum atomic E-state index is 14.5. The predicted molar refractivity (Wildman–Crippen MR) is 109 cm³/mol. The number of nitrogens with one attached hydrogen (secondary N) is 2. The number of carbonyl (C=O) groups excluding carboxylic acids is 1. The van der Waals surface area contributed by atoms with Crippen molar-refractivity contribution in [3.05, 3.63) is 29.6 Å².